The van der Waals surface area contributed by atoms with Gasteiger partial charge in [-0.1, -0.05) is 32.5 Å². The van der Waals surface area contributed by atoms with E-state index < -0.39 is 13.3 Å². The van der Waals surface area contributed by atoms with Gasteiger partial charge in [0, 0.05) is 0 Å². The first-order valence-electron chi connectivity index (χ1n) is 3.27. The van der Waals surface area contributed by atoms with E-state index in [0.29, 0.717) is 12.8 Å². The Balaban J connectivity index is -0.000000320. The SMILES string of the molecule is CCCCC[B-](F)(F)F.[H-].[K+]. The van der Waals surface area contributed by atoms with Crippen LogP contribution in [0.5, 0.6) is 0 Å². The average Bonchev–Trinajstić information content (AvgIpc) is 1.63. The third-order valence-corrected chi connectivity index (χ3v) is 1.14. The van der Waals surface area contributed by atoms with Crippen molar-refractivity contribution in [2.24, 2.45) is 0 Å². The molecule has 0 unspecified atom stereocenters. The van der Waals surface area contributed by atoms with Gasteiger partial charge in [0.05, 0.1) is 0 Å². The minimum Gasteiger partial charge on any atom is -1.00 e. The maximum atomic E-state index is 11.4. The Morgan fingerprint density at radius 2 is 1.70 bits per heavy atom. The van der Waals surface area contributed by atoms with Crippen molar-refractivity contribution in [2.75, 3.05) is 0 Å². The fraction of sp³-hybridized carbons (Fsp3) is 1.00. The predicted octanol–water partition coefficient (Wildman–Crippen LogP) is 0.140. The van der Waals surface area contributed by atoms with E-state index in [1.807, 2.05) is 6.92 Å². The Morgan fingerprint density at radius 3 is 2.00 bits per heavy atom. The Bertz CT molecular complexity index is 78.6. The molecule has 10 heavy (non-hydrogen) atoms. The molecule has 0 nitrogen and oxygen atoms in total. The maximum absolute atomic E-state index is 11.4. The van der Waals surface area contributed by atoms with E-state index in [2.05, 4.69) is 0 Å². The molecule has 0 radical (unpaired) electrons. The smallest absolute Gasteiger partial charge is 1.00 e. The number of hydrogen-bond donors (Lipinski definition) is 0. The van der Waals surface area contributed by atoms with Gasteiger partial charge in [0.2, 0.25) is 0 Å². The third kappa shape index (κ3) is 12.2. The molecule has 0 aromatic carbocycles. The van der Waals surface area contributed by atoms with Crippen LogP contribution in [0.1, 0.15) is 27.6 Å². The molecule has 0 aliphatic carbocycles. The van der Waals surface area contributed by atoms with Crippen LogP contribution >= 0.6 is 0 Å². The Morgan fingerprint density at radius 1 is 1.20 bits per heavy atom. The van der Waals surface area contributed by atoms with Crippen molar-refractivity contribution in [3.63, 3.8) is 0 Å². The van der Waals surface area contributed by atoms with E-state index >= 15 is 0 Å². The molecule has 0 aliphatic heterocycles. The third-order valence-electron chi connectivity index (χ3n) is 1.14. The van der Waals surface area contributed by atoms with E-state index in [4.69, 9.17) is 0 Å². The number of rotatable bonds is 4. The Kier molecular flexibility index (Phi) is 10.0. The van der Waals surface area contributed by atoms with Crippen LogP contribution < -0.4 is 51.4 Å². The molecule has 0 saturated carbocycles. The van der Waals surface area contributed by atoms with Crippen molar-refractivity contribution in [3.8, 4) is 0 Å². The predicted molar refractivity (Wildman–Crippen MR) is 34.5 cm³/mol. The van der Waals surface area contributed by atoms with Crippen molar-refractivity contribution >= 4 is 6.98 Å². The summed E-state index contributed by atoms with van der Waals surface area (Å²) < 4.78 is 34.3. The molecule has 0 spiro atoms. The molecule has 0 aromatic rings. The minimum absolute atomic E-state index is 0. The van der Waals surface area contributed by atoms with Crippen LogP contribution in [0.15, 0.2) is 0 Å². The van der Waals surface area contributed by atoms with E-state index in [-0.39, 0.29) is 52.8 Å². The zero-order chi connectivity index (χ0) is 7.33. The van der Waals surface area contributed by atoms with Crippen LogP contribution in [0.25, 0.3) is 0 Å². The molecule has 0 atom stereocenters. The van der Waals surface area contributed by atoms with Gasteiger partial charge in [-0.25, -0.2) is 0 Å². The molecule has 0 N–H and O–H groups in total. The standard InChI is InChI=1S/C5H11BF3.K.H/c1-2-3-4-5-6(7,8)9;;/h2-5H2,1H3;;/q-1;+1;-1. The van der Waals surface area contributed by atoms with E-state index in [9.17, 15) is 12.9 Å². The fourth-order valence-corrected chi connectivity index (χ4v) is 0.626. The molecule has 0 aromatic heterocycles. The summed E-state index contributed by atoms with van der Waals surface area (Å²) in [6.45, 7) is -2.62. The summed E-state index contributed by atoms with van der Waals surface area (Å²) in [5.41, 5.74) is 0. The van der Waals surface area contributed by atoms with Gasteiger partial charge in [-0.2, -0.15) is 0 Å². The molecular formula is C5H12BF3K-. The van der Waals surface area contributed by atoms with Crippen LogP contribution in [0.3, 0.4) is 0 Å². The first-order chi connectivity index (χ1) is 4.06. The van der Waals surface area contributed by atoms with Crippen molar-refractivity contribution < 1.29 is 65.8 Å². The molecule has 58 valence electrons. The van der Waals surface area contributed by atoms with Gasteiger partial charge in [0.25, 0.3) is 0 Å². The van der Waals surface area contributed by atoms with Crippen LogP contribution in [-0.2, 0) is 0 Å². The number of halogens is 3. The van der Waals surface area contributed by atoms with Crippen LogP contribution in [0.2, 0.25) is 6.32 Å². The molecule has 5 heteroatoms. The molecule has 0 saturated heterocycles. The van der Waals surface area contributed by atoms with Gasteiger partial charge in [-0.15, -0.1) is 0 Å². The summed E-state index contributed by atoms with van der Waals surface area (Å²) in [6.07, 6.45) is 1.29. The second kappa shape index (κ2) is 7.16. The number of unbranched alkanes of at least 4 members (excludes halogenated alkanes) is 2. The molecule has 0 heterocycles. The zero-order valence-electron chi connectivity index (χ0n) is 7.54. The Labute approximate surface area is 104 Å². The van der Waals surface area contributed by atoms with Crippen LogP contribution in [-0.4, -0.2) is 6.98 Å². The molecule has 0 bridgehead atoms. The fourth-order valence-electron chi connectivity index (χ4n) is 0.626. The van der Waals surface area contributed by atoms with Crippen molar-refractivity contribution in [1.29, 1.82) is 0 Å². The minimum atomic E-state index is -4.51. The first-order valence-corrected chi connectivity index (χ1v) is 3.27. The van der Waals surface area contributed by atoms with E-state index in [1.54, 1.807) is 0 Å². The molecule has 0 rings (SSSR count). The van der Waals surface area contributed by atoms with Crippen molar-refractivity contribution in [2.45, 2.75) is 32.5 Å². The molecule has 0 fully saturated rings. The zero-order valence-corrected chi connectivity index (χ0v) is 9.66. The second-order valence-electron chi connectivity index (χ2n) is 2.21. The van der Waals surface area contributed by atoms with E-state index in [0.717, 1.165) is 6.42 Å². The van der Waals surface area contributed by atoms with Gasteiger partial charge in [0.15, 0.2) is 0 Å². The topological polar surface area (TPSA) is 0 Å². The maximum Gasteiger partial charge on any atom is 1.00 e. The van der Waals surface area contributed by atoms with Crippen molar-refractivity contribution in [1.82, 2.24) is 0 Å². The quantitative estimate of drug-likeness (QED) is 0.425. The Hall–Kier alpha value is 1.49. The van der Waals surface area contributed by atoms with Gasteiger partial charge < -0.3 is 14.4 Å². The van der Waals surface area contributed by atoms with E-state index in [1.165, 1.54) is 0 Å². The van der Waals surface area contributed by atoms with Crippen LogP contribution in [0.4, 0.5) is 12.9 Å². The van der Waals surface area contributed by atoms with Crippen LogP contribution in [0, 0.1) is 0 Å². The largest absolute Gasteiger partial charge is 1.00 e. The average molecular weight is 179 g/mol. The molecule has 0 aliphatic rings. The monoisotopic (exact) mass is 179 g/mol. The summed E-state index contributed by atoms with van der Waals surface area (Å²) in [4.78, 5) is 0. The van der Waals surface area contributed by atoms with Gasteiger partial charge in [0.1, 0.15) is 0 Å². The second-order valence-corrected chi connectivity index (χ2v) is 2.21. The summed E-state index contributed by atoms with van der Waals surface area (Å²) >= 11 is 0. The summed E-state index contributed by atoms with van der Waals surface area (Å²) in [6, 6.07) is 0. The molecule has 0 amide bonds. The molecular weight excluding hydrogens is 167 g/mol. The van der Waals surface area contributed by atoms with Gasteiger partial charge in [-0.3, -0.25) is 0 Å². The summed E-state index contributed by atoms with van der Waals surface area (Å²) in [7, 11) is 0. The van der Waals surface area contributed by atoms with Gasteiger partial charge in [-0.05, 0) is 0 Å². The summed E-state index contributed by atoms with van der Waals surface area (Å²) in [5, 5.41) is 0. The first kappa shape index (κ1) is 14.0. The normalized spacial score (nSPS) is 10.8. The van der Waals surface area contributed by atoms with Crippen molar-refractivity contribution in [3.05, 3.63) is 0 Å². The summed E-state index contributed by atoms with van der Waals surface area (Å²) in [5.74, 6) is 0. The van der Waals surface area contributed by atoms with Gasteiger partial charge >= 0.3 is 58.4 Å². The number of hydrogen-bond acceptors (Lipinski definition) is 0.